The number of hydrogen-bond acceptors (Lipinski definition) is 4. The first-order chi connectivity index (χ1) is 26.3. The van der Waals surface area contributed by atoms with Crippen molar-refractivity contribution in [2.75, 3.05) is 0 Å². The van der Waals surface area contributed by atoms with E-state index in [2.05, 4.69) is 156 Å². The van der Waals surface area contributed by atoms with Crippen molar-refractivity contribution in [3.05, 3.63) is 164 Å². The van der Waals surface area contributed by atoms with E-state index in [4.69, 9.17) is 14.4 Å². The molecule has 12 aromatic rings. The summed E-state index contributed by atoms with van der Waals surface area (Å²) in [5, 5.41) is 11.9. The van der Waals surface area contributed by atoms with Gasteiger partial charge < -0.3 is 4.42 Å². The van der Waals surface area contributed by atoms with E-state index in [0.717, 1.165) is 60.9 Å². The van der Waals surface area contributed by atoms with Gasteiger partial charge in [0.2, 0.25) is 5.95 Å². The Morgan fingerprint density at radius 2 is 1.08 bits per heavy atom. The molecule has 4 aromatic heterocycles. The lowest BCUT2D eigenvalue weighted by atomic mass is 9.99. The predicted molar refractivity (Wildman–Crippen MR) is 222 cm³/mol. The van der Waals surface area contributed by atoms with Crippen LogP contribution in [0.15, 0.2) is 168 Å². The number of thiophene rings is 1. The number of aromatic nitrogens is 3. The summed E-state index contributed by atoms with van der Waals surface area (Å²) in [6.07, 6.45) is 0. The monoisotopic (exact) mass is 693 g/mol. The molecule has 0 saturated heterocycles. The zero-order valence-corrected chi connectivity index (χ0v) is 29.1. The molecule has 0 bridgehead atoms. The van der Waals surface area contributed by atoms with E-state index in [9.17, 15) is 0 Å². The van der Waals surface area contributed by atoms with E-state index in [1.54, 1.807) is 0 Å². The molecule has 0 N–H and O–H groups in total. The topological polar surface area (TPSA) is 43.9 Å². The molecule has 0 aliphatic carbocycles. The fraction of sp³-hybridized carbons (Fsp3) is 0. The molecule has 0 aliphatic rings. The summed E-state index contributed by atoms with van der Waals surface area (Å²) >= 11 is 1.85. The molecule has 0 fully saturated rings. The highest BCUT2D eigenvalue weighted by Gasteiger charge is 2.24. The van der Waals surface area contributed by atoms with Gasteiger partial charge in [0.15, 0.2) is 0 Å². The van der Waals surface area contributed by atoms with Crippen LogP contribution in [0.2, 0.25) is 0 Å². The SMILES string of the molecule is c1ccc2c(-c3cc(-c4cccc5c4oc4ccccc45)nc(-n4c5ccccc5c5c6ccccc6c6c7ccccc7sc6c54)n3)cccc2c1. The second-order valence-corrected chi connectivity index (χ2v) is 14.7. The Bertz CT molecular complexity index is 3470. The zero-order valence-electron chi connectivity index (χ0n) is 28.2. The minimum Gasteiger partial charge on any atom is -0.455 e. The quantitative estimate of drug-likeness (QED) is 0.185. The van der Waals surface area contributed by atoms with Crippen LogP contribution in [0.1, 0.15) is 0 Å². The van der Waals surface area contributed by atoms with E-state index >= 15 is 0 Å². The maximum atomic E-state index is 6.60. The first-order valence-corrected chi connectivity index (χ1v) is 18.7. The van der Waals surface area contributed by atoms with Crippen LogP contribution in [0, 0.1) is 0 Å². The van der Waals surface area contributed by atoms with E-state index in [-0.39, 0.29) is 0 Å². The highest BCUT2D eigenvalue weighted by Crippen LogP contribution is 2.48. The average molecular weight is 694 g/mol. The summed E-state index contributed by atoms with van der Waals surface area (Å²) in [6, 6.07) is 58.0. The molecule has 4 nitrogen and oxygen atoms in total. The van der Waals surface area contributed by atoms with Gasteiger partial charge in [-0.2, -0.15) is 0 Å². The average Bonchev–Trinajstić information content (AvgIpc) is 3.91. The van der Waals surface area contributed by atoms with Crippen molar-refractivity contribution in [1.82, 2.24) is 14.5 Å². The maximum Gasteiger partial charge on any atom is 0.235 e. The number of nitrogens with zero attached hydrogens (tertiary/aromatic N) is 3. The van der Waals surface area contributed by atoms with Gasteiger partial charge in [0.25, 0.3) is 0 Å². The second kappa shape index (κ2) is 10.8. The highest BCUT2D eigenvalue weighted by molar-refractivity contribution is 7.27. The molecule has 5 heteroatoms. The number of rotatable bonds is 3. The highest BCUT2D eigenvalue weighted by atomic mass is 32.1. The normalized spacial score (nSPS) is 12.2. The van der Waals surface area contributed by atoms with Gasteiger partial charge in [0, 0.05) is 48.1 Å². The maximum absolute atomic E-state index is 6.60. The minimum atomic E-state index is 0.624. The van der Waals surface area contributed by atoms with Gasteiger partial charge >= 0.3 is 0 Å². The molecule has 0 amide bonds. The molecule has 0 radical (unpaired) electrons. The molecule has 0 spiro atoms. The molecule has 0 atom stereocenters. The first kappa shape index (κ1) is 28.8. The summed E-state index contributed by atoms with van der Waals surface area (Å²) in [5.41, 5.74) is 7.54. The van der Waals surface area contributed by atoms with Crippen molar-refractivity contribution in [3.63, 3.8) is 0 Å². The third-order valence-electron chi connectivity index (χ3n) is 10.8. The summed E-state index contributed by atoms with van der Waals surface area (Å²) in [7, 11) is 0. The van der Waals surface area contributed by atoms with Crippen LogP contribution in [0.4, 0.5) is 0 Å². The van der Waals surface area contributed by atoms with Gasteiger partial charge in [0.05, 0.1) is 27.1 Å². The molecular weight excluding hydrogens is 667 g/mol. The number of hydrogen-bond donors (Lipinski definition) is 0. The molecule has 53 heavy (non-hydrogen) atoms. The summed E-state index contributed by atoms with van der Waals surface area (Å²) in [4.78, 5) is 11.0. The summed E-state index contributed by atoms with van der Waals surface area (Å²) < 4.78 is 11.4. The van der Waals surface area contributed by atoms with Crippen molar-refractivity contribution in [3.8, 4) is 28.5 Å². The van der Waals surface area contributed by atoms with Crippen LogP contribution < -0.4 is 0 Å². The Morgan fingerprint density at radius 3 is 1.94 bits per heavy atom. The van der Waals surface area contributed by atoms with Crippen molar-refractivity contribution in [2.24, 2.45) is 0 Å². The fourth-order valence-corrected chi connectivity index (χ4v) is 9.80. The van der Waals surface area contributed by atoms with E-state index in [0.29, 0.717) is 5.95 Å². The van der Waals surface area contributed by atoms with E-state index in [1.807, 2.05) is 23.5 Å². The third-order valence-corrected chi connectivity index (χ3v) is 12.0. The minimum absolute atomic E-state index is 0.624. The Balaban J connectivity index is 1.27. The Kier molecular flexibility index (Phi) is 5.90. The van der Waals surface area contributed by atoms with Crippen molar-refractivity contribution in [1.29, 1.82) is 0 Å². The molecule has 246 valence electrons. The van der Waals surface area contributed by atoms with E-state index in [1.165, 1.54) is 47.1 Å². The first-order valence-electron chi connectivity index (χ1n) is 17.8. The van der Waals surface area contributed by atoms with Gasteiger partial charge in [-0.25, -0.2) is 9.97 Å². The Labute approximate surface area is 306 Å². The Hall–Kier alpha value is -6.82. The third kappa shape index (κ3) is 4.05. The van der Waals surface area contributed by atoms with Gasteiger partial charge in [0.1, 0.15) is 11.2 Å². The zero-order chi connectivity index (χ0) is 34.6. The molecular formula is C48H27N3OS. The van der Waals surface area contributed by atoms with Gasteiger partial charge in [-0.05, 0) is 51.9 Å². The molecule has 0 saturated carbocycles. The van der Waals surface area contributed by atoms with E-state index < -0.39 is 0 Å². The van der Waals surface area contributed by atoms with Gasteiger partial charge in [-0.15, -0.1) is 11.3 Å². The van der Waals surface area contributed by atoms with Crippen LogP contribution >= 0.6 is 11.3 Å². The number of para-hydroxylation sites is 3. The van der Waals surface area contributed by atoms with Gasteiger partial charge in [-0.1, -0.05) is 133 Å². The van der Waals surface area contributed by atoms with Crippen molar-refractivity contribution >= 4 is 96.8 Å². The second-order valence-electron chi connectivity index (χ2n) is 13.7. The van der Waals surface area contributed by atoms with Crippen LogP contribution in [0.25, 0.3) is 114 Å². The predicted octanol–water partition coefficient (Wildman–Crippen LogP) is 13.5. The van der Waals surface area contributed by atoms with Crippen LogP contribution in [-0.2, 0) is 0 Å². The lowest BCUT2D eigenvalue weighted by Gasteiger charge is -2.14. The summed E-state index contributed by atoms with van der Waals surface area (Å²) in [6.45, 7) is 0. The number of fused-ring (bicyclic) bond motifs is 14. The van der Waals surface area contributed by atoms with Crippen LogP contribution in [0.5, 0.6) is 0 Å². The van der Waals surface area contributed by atoms with Crippen molar-refractivity contribution < 1.29 is 4.42 Å². The molecule has 0 aliphatic heterocycles. The largest absolute Gasteiger partial charge is 0.455 e. The number of benzene rings is 8. The Morgan fingerprint density at radius 1 is 0.472 bits per heavy atom. The smallest absolute Gasteiger partial charge is 0.235 e. The summed E-state index contributed by atoms with van der Waals surface area (Å²) in [5.74, 6) is 0.624. The lowest BCUT2D eigenvalue weighted by molar-refractivity contribution is 0.670. The van der Waals surface area contributed by atoms with Crippen molar-refractivity contribution in [2.45, 2.75) is 0 Å². The lowest BCUT2D eigenvalue weighted by Crippen LogP contribution is -2.04. The fourth-order valence-electron chi connectivity index (χ4n) is 8.54. The molecule has 8 aromatic carbocycles. The van der Waals surface area contributed by atoms with Crippen LogP contribution in [0.3, 0.4) is 0 Å². The standard InChI is InChI=1S/C48H27N3OS/c1-2-15-29-28(13-1)14-11-21-30(29)38-27-39(35-23-12-22-34-31-16-6-9-25-41(31)52-46(34)35)50-48(49-38)51-40-24-8-5-19-36(40)43-32-17-3-4-18-33(32)44-37-20-7-10-26-42(37)53-47(44)45(43)51/h1-27H. The van der Waals surface area contributed by atoms with Gasteiger partial charge in [-0.3, -0.25) is 4.57 Å². The molecule has 4 heterocycles. The molecule has 0 unspecified atom stereocenters. The number of furan rings is 1. The van der Waals surface area contributed by atoms with Crippen LogP contribution in [-0.4, -0.2) is 14.5 Å². The molecule has 12 rings (SSSR count).